The molecule has 3 aromatic rings. The van der Waals surface area contributed by atoms with Crippen LogP contribution in [0, 0.1) is 30.4 Å². The Morgan fingerprint density at radius 1 is 1.02 bits per heavy atom. The van der Waals surface area contributed by atoms with Gasteiger partial charge in [0.15, 0.2) is 5.78 Å². The van der Waals surface area contributed by atoms with Crippen LogP contribution in [0.1, 0.15) is 53.7 Å². The van der Waals surface area contributed by atoms with Crippen molar-refractivity contribution in [3.63, 3.8) is 0 Å². The first-order chi connectivity index (χ1) is 21.4. The molecule has 2 N–H and O–H groups in total. The van der Waals surface area contributed by atoms with Crippen LogP contribution in [-0.4, -0.2) is 53.3 Å². The monoisotopic (exact) mass is 615 g/mol. The van der Waals surface area contributed by atoms with E-state index < -0.39 is 64.1 Å². The summed E-state index contributed by atoms with van der Waals surface area (Å²) in [7, 11) is 0. The Morgan fingerprint density at radius 3 is 2.33 bits per heavy atom. The largest absolute Gasteiger partial charge is 0.342 e. The number of nitrogens with zero attached hydrogens (tertiary/aromatic N) is 1. The minimum Gasteiger partial charge on any atom is -0.342 e. The molecule has 45 heavy (non-hydrogen) atoms. The molecule has 0 radical (unpaired) electrons. The number of nitrogens with one attached hydrogen (secondary N) is 2. The number of likely N-dealkylation sites (tertiary alicyclic amines) is 1. The van der Waals surface area contributed by atoms with Crippen LogP contribution in [0.5, 0.6) is 0 Å². The Labute approximate surface area is 260 Å². The first kappa shape index (κ1) is 31.7. The number of ketones is 1. The highest BCUT2D eigenvalue weighted by Gasteiger charge is 2.56. The highest BCUT2D eigenvalue weighted by molar-refractivity contribution is 6.08. The number of hydrogen-bond donors (Lipinski definition) is 2. The Hall–Kier alpha value is -4.73. The molecule has 2 aliphatic rings. The van der Waals surface area contributed by atoms with Crippen LogP contribution in [0.3, 0.4) is 0 Å². The molecule has 4 atom stereocenters. The average molecular weight is 616 g/mol. The number of benzene rings is 3. The van der Waals surface area contributed by atoms with Crippen molar-refractivity contribution in [3.8, 4) is 0 Å². The molecule has 0 aliphatic carbocycles. The van der Waals surface area contributed by atoms with E-state index in [1.807, 2.05) is 37.3 Å². The summed E-state index contributed by atoms with van der Waals surface area (Å²) in [6.45, 7) is 5.25. The van der Waals surface area contributed by atoms with Gasteiger partial charge in [0, 0.05) is 24.6 Å². The summed E-state index contributed by atoms with van der Waals surface area (Å²) >= 11 is 0. The second-order valence-electron chi connectivity index (χ2n) is 12.3. The zero-order valence-electron chi connectivity index (χ0n) is 25.3. The molecule has 3 amide bonds. The Balaban J connectivity index is 1.43. The molecule has 234 valence electrons. The number of aldehydes is 1. The highest BCUT2D eigenvalue weighted by atomic mass is 19.1. The molecule has 1 saturated heterocycles. The fourth-order valence-electron chi connectivity index (χ4n) is 6.44. The van der Waals surface area contributed by atoms with E-state index in [0.29, 0.717) is 17.5 Å². The third-order valence-corrected chi connectivity index (χ3v) is 8.85. The van der Waals surface area contributed by atoms with Gasteiger partial charge in [0.2, 0.25) is 11.8 Å². The van der Waals surface area contributed by atoms with Crippen molar-refractivity contribution in [2.24, 2.45) is 11.8 Å². The number of hydrogen-bond acceptors (Lipinski definition) is 5. The molecule has 3 aromatic carbocycles. The molecule has 0 aromatic heterocycles. The maximum atomic E-state index is 14.3. The molecule has 2 heterocycles. The van der Waals surface area contributed by atoms with Gasteiger partial charge in [-0.05, 0) is 55.0 Å². The SMILES string of the molecule is Cc1ccc(C[C@H](CC(=O)[C@@H](NC(=O)c2c(F)cccc2F)C(C)C)C(=O)N2C[C@]3(C[C@H]2C=O)C(=O)Nc2ccccc23)cc1. The second-order valence-corrected chi connectivity index (χ2v) is 12.3. The van der Waals surface area contributed by atoms with Gasteiger partial charge in [-0.2, -0.15) is 0 Å². The maximum absolute atomic E-state index is 14.3. The number of Topliss-reactive ketones (excluding diaryl/α,β-unsaturated/α-hetero) is 1. The van der Waals surface area contributed by atoms with Crippen molar-refractivity contribution in [1.29, 1.82) is 0 Å². The van der Waals surface area contributed by atoms with Gasteiger partial charge in [0.1, 0.15) is 23.5 Å². The summed E-state index contributed by atoms with van der Waals surface area (Å²) in [5, 5.41) is 5.34. The summed E-state index contributed by atoms with van der Waals surface area (Å²) < 4.78 is 28.7. The van der Waals surface area contributed by atoms with Crippen LogP contribution in [0.15, 0.2) is 66.7 Å². The first-order valence-corrected chi connectivity index (χ1v) is 14.9. The number of anilines is 1. The van der Waals surface area contributed by atoms with Crippen molar-refractivity contribution in [1.82, 2.24) is 10.2 Å². The number of aryl methyl sites for hydroxylation is 1. The summed E-state index contributed by atoms with van der Waals surface area (Å²) in [6.07, 6.45) is 0.609. The average Bonchev–Trinajstić information content (AvgIpc) is 3.53. The van der Waals surface area contributed by atoms with Gasteiger partial charge < -0.3 is 20.3 Å². The van der Waals surface area contributed by atoms with Crippen LogP contribution in [0.2, 0.25) is 0 Å². The Kier molecular flexibility index (Phi) is 8.95. The van der Waals surface area contributed by atoms with Gasteiger partial charge in [-0.25, -0.2) is 8.78 Å². The van der Waals surface area contributed by atoms with E-state index >= 15 is 0 Å². The topological polar surface area (TPSA) is 113 Å². The van der Waals surface area contributed by atoms with E-state index in [-0.39, 0.29) is 31.7 Å². The minimum atomic E-state index is -1.15. The van der Waals surface area contributed by atoms with Crippen molar-refractivity contribution < 1.29 is 32.8 Å². The lowest BCUT2D eigenvalue weighted by atomic mass is 9.80. The third kappa shape index (κ3) is 6.14. The minimum absolute atomic E-state index is 0.0341. The van der Waals surface area contributed by atoms with E-state index in [0.717, 1.165) is 29.3 Å². The fourth-order valence-corrected chi connectivity index (χ4v) is 6.44. The van der Waals surface area contributed by atoms with Crippen LogP contribution >= 0.6 is 0 Å². The van der Waals surface area contributed by atoms with E-state index in [2.05, 4.69) is 10.6 Å². The predicted molar refractivity (Wildman–Crippen MR) is 163 cm³/mol. The van der Waals surface area contributed by atoms with E-state index in [1.54, 1.807) is 32.0 Å². The third-order valence-electron chi connectivity index (χ3n) is 8.85. The number of fused-ring (bicyclic) bond motifs is 2. The quantitative estimate of drug-likeness (QED) is 0.326. The highest BCUT2D eigenvalue weighted by Crippen LogP contribution is 2.46. The van der Waals surface area contributed by atoms with Crippen molar-refractivity contribution in [2.45, 2.75) is 57.5 Å². The van der Waals surface area contributed by atoms with Crippen LogP contribution in [0.4, 0.5) is 14.5 Å². The van der Waals surface area contributed by atoms with Crippen molar-refractivity contribution >= 4 is 35.5 Å². The lowest BCUT2D eigenvalue weighted by molar-refractivity contribution is -0.141. The molecule has 0 unspecified atom stereocenters. The summed E-state index contributed by atoms with van der Waals surface area (Å²) in [5.74, 6) is -5.87. The van der Waals surface area contributed by atoms with Crippen molar-refractivity contribution in [2.75, 3.05) is 11.9 Å². The molecule has 0 bridgehead atoms. The molecule has 0 saturated carbocycles. The molecule has 1 fully saturated rings. The number of rotatable bonds is 10. The Morgan fingerprint density at radius 2 is 1.69 bits per heavy atom. The zero-order chi connectivity index (χ0) is 32.5. The van der Waals surface area contributed by atoms with Gasteiger partial charge >= 0.3 is 0 Å². The number of carbonyl (C=O) groups excluding carboxylic acids is 5. The predicted octanol–water partition coefficient (Wildman–Crippen LogP) is 4.54. The summed E-state index contributed by atoms with van der Waals surface area (Å²) in [5.41, 5.74) is 1.24. The lowest BCUT2D eigenvalue weighted by Gasteiger charge is -2.29. The summed E-state index contributed by atoms with van der Waals surface area (Å²) in [6, 6.07) is 15.7. The second kappa shape index (κ2) is 12.7. The molecule has 5 rings (SSSR count). The smallest absolute Gasteiger partial charge is 0.257 e. The van der Waals surface area contributed by atoms with E-state index in [9.17, 15) is 32.8 Å². The van der Waals surface area contributed by atoms with Crippen LogP contribution in [-0.2, 0) is 31.0 Å². The van der Waals surface area contributed by atoms with Crippen LogP contribution < -0.4 is 10.6 Å². The summed E-state index contributed by atoms with van der Waals surface area (Å²) in [4.78, 5) is 68.0. The fraction of sp³-hybridized carbons (Fsp3) is 0.343. The van der Waals surface area contributed by atoms with Crippen molar-refractivity contribution in [3.05, 3.63) is 101 Å². The Bertz CT molecular complexity index is 1640. The normalized spacial score (nSPS) is 20.1. The van der Waals surface area contributed by atoms with Gasteiger partial charge in [0.25, 0.3) is 5.91 Å². The van der Waals surface area contributed by atoms with Gasteiger partial charge in [-0.15, -0.1) is 0 Å². The number of para-hydroxylation sites is 1. The zero-order valence-corrected chi connectivity index (χ0v) is 25.3. The number of halogens is 2. The maximum Gasteiger partial charge on any atom is 0.257 e. The molecule has 10 heteroatoms. The number of carbonyl (C=O) groups is 5. The lowest BCUT2D eigenvalue weighted by Crippen LogP contribution is -2.48. The molecular formula is C35H35F2N3O5. The van der Waals surface area contributed by atoms with E-state index in [1.165, 1.54) is 4.90 Å². The first-order valence-electron chi connectivity index (χ1n) is 14.9. The van der Waals surface area contributed by atoms with Crippen LogP contribution in [0.25, 0.3) is 0 Å². The standard InChI is InChI=1S/C35H35F2N3O5/c1-20(2)31(39-32(43)30-26(36)8-6-9-27(30)37)29(42)16-23(15-22-13-11-21(3)12-14-22)33(44)40-19-35(17-24(40)18-41)25-7-4-5-10-28(25)38-34(35)45/h4-14,18,20,23-24,31H,15-17,19H2,1-3H3,(H,38,45)(H,39,43)/t23-,24+,31+,35+/m1/s1. The van der Waals surface area contributed by atoms with Gasteiger partial charge in [-0.1, -0.05) is 67.9 Å². The number of amides is 3. The molecule has 1 spiro atoms. The molecule has 2 aliphatic heterocycles. The molecule has 8 nitrogen and oxygen atoms in total. The van der Waals surface area contributed by atoms with Gasteiger partial charge in [0.05, 0.1) is 17.5 Å². The molecular weight excluding hydrogens is 580 g/mol. The van der Waals surface area contributed by atoms with Gasteiger partial charge in [-0.3, -0.25) is 19.2 Å². The van der Waals surface area contributed by atoms with E-state index in [4.69, 9.17) is 0 Å².